The number of hydrogen-bond donors (Lipinski definition) is 2. The Morgan fingerprint density at radius 3 is 2.69 bits per heavy atom. The van der Waals surface area contributed by atoms with Crippen molar-refractivity contribution >= 4 is 11.9 Å². The number of carboxylic acids is 1. The van der Waals surface area contributed by atoms with Gasteiger partial charge in [-0.3, -0.25) is 14.5 Å². The van der Waals surface area contributed by atoms with E-state index in [9.17, 15) is 14.7 Å². The lowest BCUT2D eigenvalue weighted by atomic mass is 10.1. The number of amides is 1. The van der Waals surface area contributed by atoms with Crippen LogP contribution in [0.1, 0.15) is 12.8 Å². The van der Waals surface area contributed by atoms with Crippen molar-refractivity contribution in [1.29, 1.82) is 0 Å². The van der Waals surface area contributed by atoms with E-state index >= 15 is 0 Å². The molecule has 0 saturated carbocycles. The molecule has 3 atom stereocenters. The van der Waals surface area contributed by atoms with Crippen molar-refractivity contribution in [2.24, 2.45) is 0 Å². The molecule has 6 heteroatoms. The third-order valence-corrected chi connectivity index (χ3v) is 3.40. The summed E-state index contributed by atoms with van der Waals surface area (Å²) < 4.78 is 0. The Balaban J connectivity index is 2.13. The molecule has 0 aromatic heterocycles. The van der Waals surface area contributed by atoms with Gasteiger partial charge in [-0.15, -0.1) is 0 Å². The molecule has 2 N–H and O–H groups in total. The largest absolute Gasteiger partial charge is 0.480 e. The van der Waals surface area contributed by atoms with Crippen LogP contribution in [0.3, 0.4) is 0 Å². The lowest BCUT2D eigenvalue weighted by molar-refractivity contribution is -0.144. The second-order valence-corrected chi connectivity index (χ2v) is 4.50. The maximum Gasteiger partial charge on any atom is 0.321 e. The minimum absolute atomic E-state index is 0.0413. The molecular formula is C10H16N2O4. The Morgan fingerprint density at radius 2 is 2.19 bits per heavy atom. The average Bonchev–Trinajstić information content (AvgIpc) is 2.73. The van der Waals surface area contributed by atoms with Gasteiger partial charge in [-0.25, -0.2) is 0 Å². The summed E-state index contributed by atoms with van der Waals surface area (Å²) in [5.74, 6) is -1.00. The number of likely N-dealkylation sites (tertiary alicyclic amines) is 2. The van der Waals surface area contributed by atoms with Gasteiger partial charge in [0.05, 0.1) is 12.1 Å². The Hall–Kier alpha value is -1.14. The average molecular weight is 228 g/mol. The number of aliphatic hydroxyl groups is 1. The van der Waals surface area contributed by atoms with E-state index in [0.29, 0.717) is 13.0 Å². The predicted octanol–water partition coefficient (Wildman–Crippen LogP) is -1.26. The van der Waals surface area contributed by atoms with Crippen LogP contribution in [0, 0.1) is 0 Å². The molecule has 16 heavy (non-hydrogen) atoms. The van der Waals surface area contributed by atoms with E-state index < -0.39 is 18.1 Å². The summed E-state index contributed by atoms with van der Waals surface area (Å²) in [6.45, 7) is 0.934. The van der Waals surface area contributed by atoms with Crippen molar-refractivity contribution in [3.63, 3.8) is 0 Å². The highest BCUT2D eigenvalue weighted by Gasteiger charge is 2.44. The van der Waals surface area contributed by atoms with Gasteiger partial charge in [0.1, 0.15) is 6.04 Å². The van der Waals surface area contributed by atoms with E-state index in [0.717, 1.165) is 0 Å². The fraction of sp³-hybridized carbons (Fsp3) is 0.800. The SMILES string of the molecule is CN1CCC(N2CC(O)CC2C(=O)O)C1=O. The highest BCUT2D eigenvalue weighted by Crippen LogP contribution is 2.26. The number of likely N-dealkylation sites (N-methyl/N-ethyl adjacent to an activating group) is 1. The molecule has 0 aromatic carbocycles. The molecule has 2 aliphatic heterocycles. The molecule has 2 saturated heterocycles. The molecule has 0 aliphatic carbocycles. The second-order valence-electron chi connectivity index (χ2n) is 4.50. The Morgan fingerprint density at radius 1 is 1.50 bits per heavy atom. The molecule has 2 fully saturated rings. The molecule has 1 amide bonds. The van der Waals surface area contributed by atoms with Crippen molar-refractivity contribution in [2.75, 3.05) is 20.1 Å². The number of carboxylic acid groups (broad SMARTS) is 1. The van der Waals surface area contributed by atoms with Gasteiger partial charge in [-0.1, -0.05) is 0 Å². The van der Waals surface area contributed by atoms with Crippen LogP contribution in [0.5, 0.6) is 0 Å². The Kier molecular flexibility index (Phi) is 2.86. The monoisotopic (exact) mass is 228 g/mol. The van der Waals surface area contributed by atoms with Gasteiger partial charge in [0, 0.05) is 26.6 Å². The van der Waals surface area contributed by atoms with E-state index in [1.54, 1.807) is 16.8 Å². The van der Waals surface area contributed by atoms with Gasteiger partial charge in [-0.05, 0) is 6.42 Å². The van der Waals surface area contributed by atoms with Crippen LogP contribution in [0.15, 0.2) is 0 Å². The van der Waals surface area contributed by atoms with E-state index in [1.807, 2.05) is 0 Å². The minimum atomic E-state index is -0.959. The molecular weight excluding hydrogens is 212 g/mol. The quantitative estimate of drug-likeness (QED) is 0.616. The first kappa shape index (κ1) is 11.3. The smallest absolute Gasteiger partial charge is 0.321 e. The first-order valence-electron chi connectivity index (χ1n) is 5.42. The molecule has 0 aromatic rings. The number of rotatable bonds is 2. The van der Waals surface area contributed by atoms with Gasteiger partial charge in [-0.2, -0.15) is 0 Å². The van der Waals surface area contributed by atoms with Crippen molar-refractivity contribution in [3.8, 4) is 0 Å². The van der Waals surface area contributed by atoms with Crippen molar-refractivity contribution in [2.45, 2.75) is 31.0 Å². The summed E-state index contributed by atoms with van der Waals surface area (Å²) in [4.78, 5) is 26.0. The summed E-state index contributed by atoms with van der Waals surface area (Å²) in [6.07, 6.45) is 0.217. The van der Waals surface area contributed by atoms with Crippen LogP contribution in [0.4, 0.5) is 0 Å². The summed E-state index contributed by atoms with van der Waals surface area (Å²) in [7, 11) is 1.71. The molecule has 90 valence electrons. The van der Waals surface area contributed by atoms with Crippen LogP contribution in [0.25, 0.3) is 0 Å². The lowest BCUT2D eigenvalue weighted by Gasteiger charge is -2.26. The minimum Gasteiger partial charge on any atom is -0.480 e. The fourth-order valence-electron chi connectivity index (χ4n) is 2.54. The molecule has 0 spiro atoms. The molecule has 6 nitrogen and oxygen atoms in total. The van der Waals surface area contributed by atoms with Crippen molar-refractivity contribution in [1.82, 2.24) is 9.80 Å². The molecule has 0 radical (unpaired) electrons. The number of carbonyl (C=O) groups is 2. The highest BCUT2D eigenvalue weighted by molar-refractivity contribution is 5.85. The zero-order valence-electron chi connectivity index (χ0n) is 9.17. The molecule has 2 rings (SSSR count). The van der Waals surface area contributed by atoms with Gasteiger partial charge in [0.25, 0.3) is 0 Å². The maximum atomic E-state index is 11.8. The maximum absolute atomic E-state index is 11.8. The van der Waals surface area contributed by atoms with Crippen LogP contribution >= 0.6 is 0 Å². The van der Waals surface area contributed by atoms with Gasteiger partial charge < -0.3 is 15.1 Å². The Bertz CT molecular complexity index is 320. The van der Waals surface area contributed by atoms with Gasteiger partial charge >= 0.3 is 5.97 Å². The number of hydrogen-bond acceptors (Lipinski definition) is 4. The van der Waals surface area contributed by atoms with Crippen LogP contribution in [-0.4, -0.2) is 70.2 Å². The van der Waals surface area contributed by atoms with Crippen LogP contribution in [-0.2, 0) is 9.59 Å². The Labute approximate surface area is 93.4 Å². The molecule has 2 aliphatic rings. The number of aliphatic carboxylic acids is 1. The number of carbonyl (C=O) groups excluding carboxylic acids is 1. The van der Waals surface area contributed by atoms with E-state index in [4.69, 9.17) is 5.11 Å². The van der Waals surface area contributed by atoms with Crippen molar-refractivity contribution in [3.05, 3.63) is 0 Å². The second kappa shape index (κ2) is 4.03. The summed E-state index contributed by atoms with van der Waals surface area (Å²) in [5.41, 5.74) is 0. The fourth-order valence-corrected chi connectivity index (χ4v) is 2.54. The third-order valence-electron chi connectivity index (χ3n) is 3.40. The standard InChI is InChI=1S/C10H16N2O4/c1-11-3-2-7(9(11)14)12-5-6(13)4-8(12)10(15)16/h6-8,13H,2-5H2,1H3,(H,15,16). The predicted molar refractivity (Wildman–Crippen MR) is 54.8 cm³/mol. The number of β-amino-alcohol motifs (C(OH)–C–C–N with tert-alkyl or cyclic N) is 1. The third kappa shape index (κ3) is 1.78. The van der Waals surface area contributed by atoms with E-state index in [1.165, 1.54) is 0 Å². The van der Waals surface area contributed by atoms with E-state index in [-0.39, 0.29) is 24.9 Å². The zero-order chi connectivity index (χ0) is 11.9. The normalized spacial score (nSPS) is 36.0. The first-order valence-corrected chi connectivity index (χ1v) is 5.42. The highest BCUT2D eigenvalue weighted by atomic mass is 16.4. The van der Waals surface area contributed by atoms with E-state index in [2.05, 4.69) is 0 Å². The lowest BCUT2D eigenvalue weighted by Crippen LogP contribution is -2.47. The summed E-state index contributed by atoms with van der Waals surface area (Å²) in [6, 6.07) is -1.10. The zero-order valence-corrected chi connectivity index (χ0v) is 9.17. The number of nitrogens with zero attached hydrogens (tertiary/aromatic N) is 2. The van der Waals surface area contributed by atoms with Crippen LogP contribution in [0.2, 0.25) is 0 Å². The summed E-state index contributed by atoms with van der Waals surface area (Å²) >= 11 is 0. The van der Waals surface area contributed by atoms with Crippen LogP contribution < -0.4 is 0 Å². The molecule has 2 heterocycles. The van der Waals surface area contributed by atoms with Crippen molar-refractivity contribution < 1.29 is 19.8 Å². The van der Waals surface area contributed by atoms with Gasteiger partial charge in [0.15, 0.2) is 0 Å². The first-order chi connectivity index (χ1) is 7.50. The summed E-state index contributed by atoms with van der Waals surface area (Å²) in [5, 5.41) is 18.5. The van der Waals surface area contributed by atoms with Gasteiger partial charge in [0.2, 0.25) is 5.91 Å². The number of aliphatic hydroxyl groups excluding tert-OH is 1. The topological polar surface area (TPSA) is 81.1 Å². The molecule has 3 unspecified atom stereocenters. The molecule has 0 bridgehead atoms.